The maximum Gasteiger partial charge on any atom is 0.349 e. The molecule has 0 fully saturated rings. The van der Waals surface area contributed by atoms with E-state index in [0.717, 1.165) is 27.9 Å². The predicted molar refractivity (Wildman–Crippen MR) is 113 cm³/mol. The first-order valence-corrected chi connectivity index (χ1v) is 9.51. The van der Waals surface area contributed by atoms with Gasteiger partial charge in [0.05, 0.1) is 7.11 Å². The Morgan fingerprint density at radius 2 is 2.03 bits per heavy atom. The highest BCUT2D eigenvalue weighted by molar-refractivity contribution is 6.31. The molecular weight excluding hydrogens is 392 g/mol. The molecule has 1 amide bonds. The number of carbonyl (C=O) groups excluding carboxylic acids is 1. The number of nitrogens with one attached hydrogen (secondary N) is 2. The first kappa shape index (κ1) is 19.1. The molecule has 0 saturated carbocycles. The van der Waals surface area contributed by atoms with E-state index < -0.39 is 11.5 Å². The molecule has 0 aliphatic rings. The molecule has 0 aliphatic heterocycles. The van der Waals surface area contributed by atoms with E-state index in [1.807, 2.05) is 25.1 Å². The van der Waals surface area contributed by atoms with Gasteiger partial charge in [0.1, 0.15) is 16.9 Å². The zero-order chi connectivity index (χ0) is 20.5. The van der Waals surface area contributed by atoms with E-state index in [-0.39, 0.29) is 5.56 Å². The highest BCUT2D eigenvalue weighted by Gasteiger charge is 2.15. The summed E-state index contributed by atoms with van der Waals surface area (Å²) < 4.78 is 10.5. The number of aromatic amines is 1. The summed E-state index contributed by atoms with van der Waals surface area (Å²) in [5.41, 5.74) is 2.80. The molecule has 0 bridgehead atoms. The largest absolute Gasteiger partial charge is 0.497 e. The number of amides is 1. The molecule has 2 aromatic carbocycles. The lowest BCUT2D eigenvalue weighted by Gasteiger charge is -2.07. The number of benzene rings is 2. The van der Waals surface area contributed by atoms with Gasteiger partial charge in [0.15, 0.2) is 0 Å². The van der Waals surface area contributed by atoms with Crippen LogP contribution in [0.4, 0.5) is 0 Å². The number of aryl methyl sites for hydroxylation is 1. The number of H-pyrrole nitrogens is 1. The molecule has 2 N–H and O–H groups in total. The van der Waals surface area contributed by atoms with E-state index in [0.29, 0.717) is 29.0 Å². The van der Waals surface area contributed by atoms with Crippen LogP contribution in [0.3, 0.4) is 0 Å². The smallest absolute Gasteiger partial charge is 0.349 e. The monoisotopic (exact) mass is 410 g/mol. The number of hydrogen-bond donors (Lipinski definition) is 2. The van der Waals surface area contributed by atoms with Crippen molar-refractivity contribution in [3.63, 3.8) is 0 Å². The Morgan fingerprint density at radius 1 is 1.21 bits per heavy atom. The number of rotatable bonds is 5. The summed E-state index contributed by atoms with van der Waals surface area (Å²) in [7, 11) is 1.63. The van der Waals surface area contributed by atoms with Crippen LogP contribution in [-0.2, 0) is 6.42 Å². The van der Waals surface area contributed by atoms with Crippen LogP contribution < -0.4 is 15.7 Å². The van der Waals surface area contributed by atoms with E-state index in [4.69, 9.17) is 20.8 Å². The maximum absolute atomic E-state index is 12.5. The topological polar surface area (TPSA) is 84.3 Å². The standard InChI is InChI=1S/C22H19ClN2O4/c1-12-16(17-11-15(28-2)4-5-19(17)25-12)7-8-24-21(26)18-10-13-9-14(23)3-6-20(13)29-22(18)27/h3-6,9-11,25H,7-8H2,1-2H3,(H,24,26). The lowest BCUT2D eigenvalue weighted by molar-refractivity contribution is 0.0950. The van der Waals surface area contributed by atoms with Crippen molar-refractivity contribution in [2.75, 3.05) is 13.7 Å². The van der Waals surface area contributed by atoms with E-state index in [1.54, 1.807) is 25.3 Å². The quantitative estimate of drug-likeness (QED) is 0.482. The first-order valence-electron chi connectivity index (χ1n) is 9.13. The molecule has 0 spiro atoms. The zero-order valence-electron chi connectivity index (χ0n) is 16.0. The van der Waals surface area contributed by atoms with Crippen LogP contribution in [0.2, 0.25) is 5.02 Å². The third-order valence-corrected chi connectivity index (χ3v) is 5.16. The van der Waals surface area contributed by atoms with Gasteiger partial charge in [-0.05, 0) is 61.4 Å². The van der Waals surface area contributed by atoms with Crippen LogP contribution in [0.5, 0.6) is 5.75 Å². The summed E-state index contributed by atoms with van der Waals surface area (Å²) >= 11 is 5.98. The van der Waals surface area contributed by atoms with Crippen LogP contribution in [-0.4, -0.2) is 24.5 Å². The minimum absolute atomic E-state index is 0.0444. The van der Waals surface area contributed by atoms with Crippen molar-refractivity contribution in [1.82, 2.24) is 10.3 Å². The molecular formula is C22H19ClN2O4. The molecule has 4 rings (SSSR count). The second-order valence-electron chi connectivity index (χ2n) is 6.78. The van der Waals surface area contributed by atoms with Crippen LogP contribution >= 0.6 is 11.6 Å². The van der Waals surface area contributed by atoms with Gasteiger partial charge in [-0.25, -0.2) is 4.79 Å². The fourth-order valence-electron chi connectivity index (χ4n) is 3.46. The van der Waals surface area contributed by atoms with Gasteiger partial charge in [0.25, 0.3) is 5.91 Å². The normalized spacial score (nSPS) is 11.1. The van der Waals surface area contributed by atoms with Crippen LogP contribution in [0.25, 0.3) is 21.9 Å². The average molecular weight is 411 g/mol. The number of fused-ring (bicyclic) bond motifs is 2. The Bertz CT molecular complexity index is 1290. The molecule has 0 atom stereocenters. The molecule has 0 radical (unpaired) electrons. The SMILES string of the molecule is COc1ccc2[nH]c(C)c(CCNC(=O)c3cc4cc(Cl)ccc4oc3=O)c2c1. The minimum Gasteiger partial charge on any atom is -0.497 e. The van der Waals surface area contributed by atoms with Crippen molar-refractivity contribution in [3.8, 4) is 5.75 Å². The summed E-state index contributed by atoms with van der Waals surface area (Å²) in [5.74, 6) is 0.296. The second kappa shape index (κ2) is 7.64. The van der Waals surface area contributed by atoms with Gasteiger partial charge in [-0.15, -0.1) is 0 Å². The fourth-order valence-corrected chi connectivity index (χ4v) is 3.64. The Hall–Kier alpha value is -3.25. The Kier molecular flexibility index (Phi) is 5.03. The van der Waals surface area contributed by atoms with E-state index in [2.05, 4.69) is 10.3 Å². The number of hydrogen-bond acceptors (Lipinski definition) is 4. The molecule has 4 aromatic rings. The van der Waals surface area contributed by atoms with Crippen molar-refractivity contribution in [2.24, 2.45) is 0 Å². The van der Waals surface area contributed by atoms with Crippen molar-refractivity contribution >= 4 is 39.4 Å². The van der Waals surface area contributed by atoms with Gasteiger partial charge in [0.2, 0.25) is 0 Å². The molecule has 6 nitrogen and oxygen atoms in total. The molecule has 0 unspecified atom stereocenters. The van der Waals surface area contributed by atoms with Crippen molar-refractivity contribution in [1.29, 1.82) is 0 Å². The van der Waals surface area contributed by atoms with Crippen molar-refractivity contribution in [3.05, 3.63) is 74.7 Å². The van der Waals surface area contributed by atoms with Gasteiger partial charge < -0.3 is 19.5 Å². The summed E-state index contributed by atoms with van der Waals surface area (Å²) in [6.07, 6.45) is 0.607. The van der Waals surface area contributed by atoms with Crippen LogP contribution in [0.1, 0.15) is 21.6 Å². The first-order chi connectivity index (χ1) is 14.0. The van der Waals surface area contributed by atoms with Gasteiger partial charge >= 0.3 is 5.63 Å². The lowest BCUT2D eigenvalue weighted by atomic mass is 10.1. The highest BCUT2D eigenvalue weighted by atomic mass is 35.5. The summed E-state index contributed by atoms with van der Waals surface area (Å²) in [6.45, 7) is 2.36. The Balaban J connectivity index is 1.53. The maximum atomic E-state index is 12.5. The molecule has 0 aliphatic carbocycles. The predicted octanol–water partition coefficient (Wildman–Crippen LogP) is 4.22. The van der Waals surface area contributed by atoms with Crippen molar-refractivity contribution < 1.29 is 13.9 Å². The number of halogens is 1. The molecule has 0 saturated heterocycles. The number of ether oxygens (including phenoxy) is 1. The van der Waals surface area contributed by atoms with Gasteiger partial charge in [-0.1, -0.05) is 11.6 Å². The zero-order valence-corrected chi connectivity index (χ0v) is 16.7. The number of carbonyl (C=O) groups is 1. The molecule has 2 heterocycles. The third-order valence-electron chi connectivity index (χ3n) is 4.93. The van der Waals surface area contributed by atoms with Gasteiger partial charge in [-0.2, -0.15) is 0 Å². The molecule has 7 heteroatoms. The Morgan fingerprint density at radius 3 is 2.83 bits per heavy atom. The van der Waals surface area contributed by atoms with E-state index in [9.17, 15) is 9.59 Å². The third kappa shape index (κ3) is 3.71. The van der Waals surface area contributed by atoms with Crippen LogP contribution in [0.15, 0.2) is 51.7 Å². The minimum atomic E-state index is -0.676. The van der Waals surface area contributed by atoms with Gasteiger partial charge in [-0.3, -0.25) is 4.79 Å². The summed E-state index contributed by atoms with van der Waals surface area (Å²) in [5, 5.41) is 4.95. The van der Waals surface area contributed by atoms with Crippen molar-refractivity contribution in [2.45, 2.75) is 13.3 Å². The van der Waals surface area contributed by atoms with E-state index >= 15 is 0 Å². The number of aromatic nitrogens is 1. The average Bonchev–Trinajstić information content (AvgIpc) is 3.02. The van der Waals surface area contributed by atoms with E-state index in [1.165, 1.54) is 6.07 Å². The lowest BCUT2D eigenvalue weighted by Crippen LogP contribution is -2.30. The fraction of sp³-hybridized carbons (Fsp3) is 0.182. The molecule has 29 heavy (non-hydrogen) atoms. The van der Waals surface area contributed by atoms with Gasteiger partial charge in [0, 0.05) is 33.6 Å². The second-order valence-corrected chi connectivity index (χ2v) is 7.21. The Labute approximate surface area is 171 Å². The molecule has 148 valence electrons. The highest BCUT2D eigenvalue weighted by Crippen LogP contribution is 2.26. The summed E-state index contributed by atoms with van der Waals surface area (Å²) in [6, 6.07) is 12.2. The summed E-state index contributed by atoms with van der Waals surface area (Å²) in [4.78, 5) is 28.0. The molecule has 2 aromatic heterocycles. The van der Waals surface area contributed by atoms with Crippen LogP contribution in [0, 0.1) is 6.92 Å². The number of methoxy groups -OCH3 is 1.